The van der Waals surface area contributed by atoms with Crippen molar-refractivity contribution in [1.29, 1.82) is 0 Å². The summed E-state index contributed by atoms with van der Waals surface area (Å²) >= 11 is 5.32. The fraction of sp³-hybridized carbons (Fsp3) is 0.316. The number of hydrogen-bond acceptors (Lipinski definition) is 5. The number of hydrogen-bond donors (Lipinski definition) is 3. The topological polar surface area (TPSA) is 101 Å². The van der Waals surface area contributed by atoms with Crippen LogP contribution in [0.4, 0.5) is 0 Å². The monoisotopic (exact) mass is 407 g/mol. The molecule has 2 aromatic rings. The molecule has 0 heterocycles. The molecule has 1 fully saturated rings. The lowest BCUT2D eigenvalue weighted by Crippen LogP contribution is -2.45. The summed E-state index contributed by atoms with van der Waals surface area (Å²) in [6, 6.07) is 15.2. The lowest BCUT2D eigenvalue weighted by atomic mass is 9.70. The molecule has 27 heavy (non-hydrogen) atoms. The third kappa shape index (κ3) is 3.79. The molecule has 8 heteroatoms. The van der Waals surface area contributed by atoms with Gasteiger partial charge in [0.2, 0.25) is 0 Å². The van der Waals surface area contributed by atoms with E-state index in [4.69, 9.17) is 17.6 Å². The third-order valence-electron chi connectivity index (χ3n) is 5.31. The Hall–Kier alpha value is -1.77. The lowest BCUT2D eigenvalue weighted by Gasteiger charge is -2.36. The summed E-state index contributed by atoms with van der Waals surface area (Å²) in [4.78, 5) is 13.5. The summed E-state index contributed by atoms with van der Waals surface area (Å²) in [6.07, 6.45) is 3.19. The number of nitrogens with two attached hydrogens (primary N) is 1. The predicted octanol–water partition coefficient (Wildman–Crippen LogP) is 3.07. The van der Waals surface area contributed by atoms with Crippen molar-refractivity contribution in [3.63, 3.8) is 0 Å². The molecule has 1 saturated carbocycles. The van der Waals surface area contributed by atoms with Crippen molar-refractivity contribution >= 4 is 27.6 Å². The standard InChI is InChI=1S/C19H22ClN3O3S/c20-23-27(25,26)16-10-6-9-15(13-16)18(24)19(11-4-5-12-19)17(22-21)14-7-2-1-3-8-14/h1-3,6-10,13,17,22-23H,4-5,11-12,21H2. The normalized spacial score (nSPS) is 17.6. The molecule has 0 amide bonds. The molecular weight excluding hydrogens is 386 g/mol. The van der Waals surface area contributed by atoms with Gasteiger partial charge >= 0.3 is 0 Å². The number of rotatable bonds is 7. The summed E-state index contributed by atoms with van der Waals surface area (Å²) in [5, 5.41) is 0. The summed E-state index contributed by atoms with van der Waals surface area (Å²) in [5.74, 6) is 5.77. The van der Waals surface area contributed by atoms with E-state index in [0.717, 1.165) is 18.4 Å². The van der Waals surface area contributed by atoms with E-state index in [9.17, 15) is 13.2 Å². The third-order valence-corrected chi connectivity index (χ3v) is 7.00. The number of halogens is 1. The van der Waals surface area contributed by atoms with Crippen LogP contribution < -0.4 is 15.5 Å². The molecule has 144 valence electrons. The minimum Gasteiger partial charge on any atom is -0.293 e. The highest BCUT2D eigenvalue weighted by Crippen LogP contribution is 2.49. The van der Waals surface area contributed by atoms with Crippen LogP contribution in [0.5, 0.6) is 0 Å². The smallest absolute Gasteiger partial charge is 0.253 e. The molecular formula is C19H22ClN3O3S. The Morgan fingerprint density at radius 1 is 1.07 bits per heavy atom. The number of hydrazine groups is 1. The molecule has 1 aliphatic rings. The number of sulfonamides is 1. The van der Waals surface area contributed by atoms with Crippen molar-refractivity contribution in [2.75, 3.05) is 0 Å². The minimum absolute atomic E-state index is 0.0477. The first-order valence-electron chi connectivity index (χ1n) is 8.73. The van der Waals surface area contributed by atoms with Crippen LogP contribution >= 0.6 is 11.8 Å². The number of ketones is 1. The number of carbonyl (C=O) groups excluding carboxylic acids is 1. The highest BCUT2D eigenvalue weighted by molar-refractivity contribution is 7.90. The van der Waals surface area contributed by atoms with Crippen molar-refractivity contribution in [2.45, 2.75) is 36.6 Å². The highest BCUT2D eigenvalue weighted by atomic mass is 35.5. The maximum atomic E-state index is 13.6. The lowest BCUT2D eigenvalue weighted by molar-refractivity contribution is 0.0719. The first kappa shape index (κ1) is 20.0. The molecule has 1 unspecified atom stereocenters. The van der Waals surface area contributed by atoms with E-state index in [1.807, 2.05) is 30.3 Å². The zero-order valence-electron chi connectivity index (χ0n) is 14.7. The van der Waals surface area contributed by atoms with Crippen LogP contribution in [-0.4, -0.2) is 14.2 Å². The number of carbonyl (C=O) groups is 1. The van der Waals surface area contributed by atoms with E-state index in [-0.39, 0.29) is 16.7 Å². The number of benzene rings is 2. The van der Waals surface area contributed by atoms with Crippen molar-refractivity contribution in [2.24, 2.45) is 11.3 Å². The van der Waals surface area contributed by atoms with Crippen LogP contribution in [0.3, 0.4) is 0 Å². The second kappa shape index (κ2) is 8.08. The van der Waals surface area contributed by atoms with Gasteiger partial charge in [0.05, 0.1) is 16.4 Å². The van der Waals surface area contributed by atoms with Crippen molar-refractivity contribution < 1.29 is 13.2 Å². The molecule has 4 N–H and O–H groups in total. The molecule has 1 atom stereocenters. The van der Waals surface area contributed by atoms with Crippen molar-refractivity contribution in [3.05, 3.63) is 65.7 Å². The van der Waals surface area contributed by atoms with Gasteiger partial charge < -0.3 is 0 Å². The first-order valence-corrected chi connectivity index (χ1v) is 10.6. The van der Waals surface area contributed by atoms with Gasteiger partial charge in [0.25, 0.3) is 10.0 Å². The SMILES string of the molecule is NNC(c1ccccc1)C1(C(=O)c2cccc(S(=O)(=O)NCl)c2)CCCC1. The average Bonchev–Trinajstić information content (AvgIpc) is 3.19. The fourth-order valence-electron chi connectivity index (χ4n) is 4.01. The summed E-state index contributed by atoms with van der Waals surface area (Å²) < 4.78 is 25.8. The Morgan fingerprint density at radius 3 is 2.33 bits per heavy atom. The predicted molar refractivity (Wildman–Crippen MR) is 104 cm³/mol. The summed E-state index contributed by atoms with van der Waals surface area (Å²) in [7, 11) is -3.85. The molecule has 6 nitrogen and oxygen atoms in total. The van der Waals surface area contributed by atoms with Gasteiger partial charge in [0.1, 0.15) is 0 Å². The molecule has 0 bridgehead atoms. The molecule has 0 aliphatic heterocycles. The average molecular weight is 408 g/mol. The van der Waals surface area contributed by atoms with Gasteiger partial charge in [-0.25, -0.2) is 8.42 Å². The Kier molecular flexibility index (Phi) is 5.98. The van der Waals surface area contributed by atoms with E-state index < -0.39 is 15.4 Å². The quantitative estimate of drug-likeness (QED) is 0.283. The molecule has 0 radical (unpaired) electrons. The fourth-order valence-corrected chi connectivity index (χ4v) is 4.91. The Morgan fingerprint density at radius 2 is 1.74 bits per heavy atom. The second-order valence-electron chi connectivity index (χ2n) is 6.81. The van der Waals surface area contributed by atoms with Gasteiger partial charge in [0, 0.05) is 5.56 Å². The Bertz CT molecular complexity index is 913. The van der Waals surface area contributed by atoms with E-state index in [1.54, 1.807) is 16.4 Å². The van der Waals surface area contributed by atoms with Crippen molar-refractivity contribution in [3.8, 4) is 0 Å². The van der Waals surface area contributed by atoms with Gasteiger partial charge in [-0.1, -0.05) is 55.3 Å². The zero-order valence-corrected chi connectivity index (χ0v) is 16.3. The summed E-state index contributed by atoms with van der Waals surface area (Å²) in [6.45, 7) is 0. The maximum Gasteiger partial charge on any atom is 0.253 e. The zero-order chi connectivity index (χ0) is 19.5. The van der Waals surface area contributed by atoms with E-state index in [0.29, 0.717) is 18.4 Å². The Labute approximate surface area is 164 Å². The van der Waals surface area contributed by atoms with E-state index in [1.165, 1.54) is 12.1 Å². The molecule has 3 rings (SSSR count). The van der Waals surface area contributed by atoms with Crippen LogP contribution in [0.25, 0.3) is 0 Å². The van der Waals surface area contributed by atoms with Gasteiger partial charge in [-0.15, -0.1) is 4.24 Å². The second-order valence-corrected chi connectivity index (χ2v) is 8.91. The molecule has 0 aromatic heterocycles. The molecule has 2 aromatic carbocycles. The van der Waals surface area contributed by atoms with E-state index in [2.05, 4.69) is 5.43 Å². The Balaban J connectivity index is 2.05. The summed E-state index contributed by atoms with van der Waals surface area (Å²) in [5.41, 5.74) is 3.37. The maximum absolute atomic E-state index is 13.6. The number of nitrogens with one attached hydrogen (secondary N) is 2. The van der Waals surface area contributed by atoms with Crippen LogP contribution in [0.15, 0.2) is 59.5 Å². The van der Waals surface area contributed by atoms with Crippen LogP contribution in [-0.2, 0) is 10.0 Å². The van der Waals surface area contributed by atoms with Gasteiger partial charge in [0.15, 0.2) is 5.78 Å². The van der Waals surface area contributed by atoms with E-state index >= 15 is 0 Å². The molecule has 1 aliphatic carbocycles. The van der Waals surface area contributed by atoms with Gasteiger partial charge in [-0.3, -0.25) is 16.1 Å². The first-order chi connectivity index (χ1) is 12.9. The van der Waals surface area contributed by atoms with Gasteiger partial charge in [-0.05, 0) is 42.3 Å². The van der Waals surface area contributed by atoms with Crippen molar-refractivity contribution in [1.82, 2.24) is 9.67 Å². The highest BCUT2D eigenvalue weighted by Gasteiger charge is 2.48. The van der Waals surface area contributed by atoms with Crippen LogP contribution in [0, 0.1) is 5.41 Å². The largest absolute Gasteiger partial charge is 0.293 e. The van der Waals surface area contributed by atoms with Gasteiger partial charge in [-0.2, -0.15) is 0 Å². The molecule has 0 saturated heterocycles. The van der Waals surface area contributed by atoms with Crippen LogP contribution in [0.2, 0.25) is 0 Å². The number of Topliss-reactive ketones (excluding diaryl/α,β-unsaturated/α-hetero) is 1. The molecule has 0 spiro atoms. The van der Waals surface area contributed by atoms with Crippen LogP contribution in [0.1, 0.15) is 47.6 Å². The minimum atomic E-state index is -3.85.